The van der Waals surface area contributed by atoms with Crippen LogP contribution in [0.25, 0.3) is 5.69 Å². The van der Waals surface area contributed by atoms with Crippen LogP contribution in [-0.4, -0.2) is 81.3 Å². The number of anilines is 2. The topological polar surface area (TPSA) is 113 Å². The summed E-state index contributed by atoms with van der Waals surface area (Å²) in [6.07, 6.45) is 0. The average molecular weight is 636 g/mol. The molecule has 0 spiro atoms. The van der Waals surface area contributed by atoms with Crippen LogP contribution in [0.4, 0.5) is 16.3 Å². The van der Waals surface area contributed by atoms with Gasteiger partial charge in [0.25, 0.3) is 5.91 Å². The number of hydrogen-bond acceptors (Lipinski definition) is 7. The van der Waals surface area contributed by atoms with Gasteiger partial charge >= 0.3 is 6.03 Å². The molecule has 0 saturated carbocycles. The quantitative estimate of drug-likeness (QED) is 0.279. The summed E-state index contributed by atoms with van der Waals surface area (Å²) < 4.78 is 18.3. The number of nitrogens with one attached hydrogen (secondary N) is 3. The first-order valence-electron chi connectivity index (χ1n) is 15.4. The van der Waals surface area contributed by atoms with E-state index in [-0.39, 0.29) is 17.4 Å². The second kappa shape index (κ2) is 13.7. The number of morpholine rings is 1. The third-order valence-electron chi connectivity index (χ3n) is 7.96. The lowest BCUT2D eigenvalue weighted by Gasteiger charge is -2.28. The lowest BCUT2D eigenvalue weighted by molar-refractivity contribution is -0.125. The fraction of sp³-hybridized carbons (Fsp3) is 0.455. The van der Waals surface area contributed by atoms with E-state index in [0.29, 0.717) is 24.7 Å². The monoisotopic (exact) mass is 635 g/mol. The molecule has 0 radical (unpaired) electrons. The van der Waals surface area contributed by atoms with Crippen molar-refractivity contribution >= 4 is 39.7 Å². The third-order valence-corrected chi connectivity index (χ3v) is 9.86. The molecular weight excluding hydrogens is 590 g/mol. The van der Waals surface area contributed by atoms with Crippen LogP contribution in [0, 0.1) is 0 Å². The second-order valence-electron chi connectivity index (χ2n) is 12.7. The standard InChI is InChI=1S/C33H45N7O4S/c1-7-45-37-30(41)33(5,6)39(45)23-24-8-12-26(13-9-24)40-29(22-28(36-40)32(2,3)4)35-31(42)34-25-10-14-27(15-11-25)44-21-18-38-16-19-43-20-17-38/h7-15,22H,16-21,23H2,1-6H3,(H,37,41)(H2,34,35,42). The van der Waals surface area contributed by atoms with Gasteiger partial charge in [-0.05, 0) is 79.0 Å². The van der Waals surface area contributed by atoms with Crippen molar-refractivity contribution in [3.8, 4) is 11.4 Å². The highest BCUT2D eigenvalue weighted by atomic mass is 32.2. The van der Waals surface area contributed by atoms with Gasteiger partial charge in [-0.25, -0.2) is 13.8 Å². The highest BCUT2D eigenvalue weighted by Gasteiger charge is 2.42. The summed E-state index contributed by atoms with van der Waals surface area (Å²) in [5.41, 5.74) is 2.58. The molecule has 45 heavy (non-hydrogen) atoms. The molecule has 3 amide bonds. The number of urea groups is 1. The Morgan fingerprint density at radius 2 is 1.78 bits per heavy atom. The molecule has 2 aliphatic rings. The van der Waals surface area contributed by atoms with Crippen LogP contribution in [0.3, 0.4) is 0 Å². The SMILES string of the molecule is C/C=S1/NC(=O)C(C)(C)N1Cc1ccc(-n2nc(C(C)(C)C)cc2NC(=O)Nc2ccc(OCCN3CCOCC3)cc2)cc1. The predicted octanol–water partition coefficient (Wildman–Crippen LogP) is 5.16. The van der Waals surface area contributed by atoms with Gasteiger partial charge in [0.1, 0.15) is 23.7 Å². The van der Waals surface area contributed by atoms with E-state index < -0.39 is 16.4 Å². The zero-order valence-corrected chi connectivity index (χ0v) is 27.9. The maximum absolute atomic E-state index is 13.1. The Labute approximate surface area is 268 Å². The van der Waals surface area contributed by atoms with E-state index in [1.54, 1.807) is 4.68 Å². The van der Waals surface area contributed by atoms with E-state index >= 15 is 0 Å². The summed E-state index contributed by atoms with van der Waals surface area (Å²) in [6, 6.07) is 17.0. The minimum absolute atomic E-state index is 0.0320. The van der Waals surface area contributed by atoms with Crippen LogP contribution in [0.2, 0.25) is 0 Å². The van der Waals surface area contributed by atoms with E-state index in [9.17, 15) is 9.59 Å². The van der Waals surface area contributed by atoms with Gasteiger partial charge in [-0.15, -0.1) is 0 Å². The molecule has 12 heteroatoms. The van der Waals surface area contributed by atoms with Crippen LogP contribution in [0.15, 0.2) is 54.6 Å². The van der Waals surface area contributed by atoms with Gasteiger partial charge in [-0.1, -0.05) is 32.9 Å². The van der Waals surface area contributed by atoms with Crippen LogP contribution in [0.1, 0.15) is 52.8 Å². The molecule has 11 nitrogen and oxygen atoms in total. The number of carbonyl (C=O) groups excluding carboxylic acids is 2. The third kappa shape index (κ3) is 7.93. The van der Waals surface area contributed by atoms with Crippen molar-refractivity contribution in [3.05, 3.63) is 65.9 Å². The van der Waals surface area contributed by atoms with Gasteiger partial charge in [-0.2, -0.15) is 5.10 Å². The molecule has 2 saturated heterocycles. The average Bonchev–Trinajstić information content (AvgIpc) is 3.53. The predicted molar refractivity (Wildman–Crippen MR) is 181 cm³/mol. The van der Waals surface area contributed by atoms with Crippen LogP contribution in [-0.2, 0) is 21.5 Å². The summed E-state index contributed by atoms with van der Waals surface area (Å²) in [7, 11) is -0.428. The number of ether oxygens (including phenoxy) is 2. The van der Waals surface area contributed by atoms with Crippen molar-refractivity contribution < 1.29 is 19.1 Å². The first-order chi connectivity index (χ1) is 21.4. The van der Waals surface area contributed by atoms with E-state index in [0.717, 1.165) is 55.5 Å². The van der Waals surface area contributed by atoms with E-state index in [4.69, 9.17) is 14.6 Å². The molecule has 1 atom stereocenters. The number of hydrogen-bond donors (Lipinski definition) is 3. The summed E-state index contributed by atoms with van der Waals surface area (Å²) in [5, 5.41) is 12.8. The Bertz CT molecular complexity index is 1520. The van der Waals surface area contributed by atoms with Gasteiger partial charge in [0, 0.05) is 43.3 Å². The Kier molecular flexibility index (Phi) is 9.97. The molecule has 3 aromatic rings. The molecule has 2 aliphatic heterocycles. The van der Waals surface area contributed by atoms with Crippen molar-refractivity contribution in [2.75, 3.05) is 50.1 Å². The van der Waals surface area contributed by atoms with Gasteiger partial charge in [0.05, 0.1) is 24.6 Å². The maximum Gasteiger partial charge on any atom is 0.324 e. The zero-order chi connectivity index (χ0) is 32.2. The maximum atomic E-state index is 13.1. The lowest BCUT2D eigenvalue weighted by Crippen LogP contribution is -2.41. The van der Waals surface area contributed by atoms with Gasteiger partial charge in [-0.3, -0.25) is 19.7 Å². The molecule has 5 rings (SSSR count). The number of aromatic nitrogens is 2. The van der Waals surface area contributed by atoms with E-state index in [1.165, 1.54) is 0 Å². The van der Waals surface area contributed by atoms with Crippen molar-refractivity contribution in [1.29, 1.82) is 0 Å². The van der Waals surface area contributed by atoms with Crippen LogP contribution >= 0.6 is 10.9 Å². The fourth-order valence-corrected chi connectivity index (χ4v) is 6.84. The molecule has 1 unspecified atom stereocenters. The number of benzene rings is 2. The Hall–Kier alpha value is -3.71. The fourth-order valence-electron chi connectivity index (χ4n) is 5.06. The van der Waals surface area contributed by atoms with Crippen molar-refractivity contribution in [2.24, 2.45) is 0 Å². The first kappa shape index (κ1) is 32.7. The normalized spacial score (nSPS) is 19.0. The summed E-state index contributed by atoms with van der Waals surface area (Å²) in [6.45, 7) is 17.6. The van der Waals surface area contributed by atoms with E-state index in [1.807, 2.05) is 80.7 Å². The van der Waals surface area contributed by atoms with E-state index in [2.05, 4.69) is 45.3 Å². The van der Waals surface area contributed by atoms with Crippen molar-refractivity contribution in [3.63, 3.8) is 0 Å². The molecule has 2 fully saturated rings. The van der Waals surface area contributed by atoms with Gasteiger partial charge in [0.15, 0.2) is 0 Å². The molecule has 0 bridgehead atoms. The highest BCUT2D eigenvalue weighted by molar-refractivity contribution is 8.12. The van der Waals surface area contributed by atoms with Crippen molar-refractivity contribution in [1.82, 2.24) is 23.7 Å². The van der Waals surface area contributed by atoms with Gasteiger partial charge < -0.3 is 14.8 Å². The molecular formula is C33H45N7O4S. The molecule has 2 aromatic carbocycles. The first-order valence-corrected chi connectivity index (χ1v) is 16.6. The van der Waals surface area contributed by atoms with Crippen LogP contribution < -0.4 is 20.1 Å². The largest absolute Gasteiger partial charge is 0.492 e. The summed E-state index contributed by atoms with van der Waals surface area (Å²) >= 11 is 0. The number of nitrogens with zero attached hydrogens (tertiary/aromatic N) is 4. The van der Waals surface area contributed by atoms with Crippen molar-refractivity contribution in [2.45, 2.75) is 59.0 Å². The Balaban J connectivity index is 1.24. The molecule has 3 N–H and O–H groups in total. The number of carbonyl (C=O) groups is 2. The minimum atomic E-state index is -0.598. The Morgan fingerprint density at radius 3 is 2.42 bits per heavy atom. The number of rotatable bonds is 9. The van der Waals surface area contributed by atoms with Gasteiger partial charge in [0.2, 0.25) is 0 Å². The Morgan fingerprint density at radius 1 is 1.09 bits per heavy atom. The summed E-state index contributed by atoms with van der Waals surface area (Å²) in [4.78, 5) is 27.9. The second-order valence-corrected chi connectivity index (χ2v) is 14.5. The highest BCUT2D eigenvalue weighted by Crippen LogP contribution is 2.36. The summed E-state index contributed by atoms with van der Waals surface area (Å²) in [5.74, 6) is 1.35. The smallest absolute Gasteiger partial charge is 0.324 e. The zero-order valence-electron chi connectivity index (χ0n) is 27.1. The lowest BCUT2D eigenvalue weighted by atomic mass is 9.92. The minimum Gasteiger partial charge on any atom is -0.492 e. The molecule has 1 aromatic heterocycles. The molecule has 0 aliphatic carbocycles. The number of amides is 3. The molecule has 3 heterocycles. The van der Waals surface area contributed by atoms with Crippen LogP contribution in [0.5, 0.6) is 5.75 Å². The molecule has 242 valence electrons.